The maximum absolute atomic E-state index is 11.0. The van der Waals surface area contributed by atoms with Gasteiger partial charge in [0.05, 0.1) is 0 Å². The van der Waals surface area contributed by atoms with Gasteiger partial charge in [0.15, 0.2) is 0 Å². The molecule has 0 aliphatic carbocycles. The Labute approximate surface area is 80.5 Å². The normalized spacial score (nSPS) is 9.62. The summed E-state index contributed by atoms with van der Waals surface area (Å²) < 4.78 is 0. The van der Waals surface area contributed by atoms with E-state index in [-0.39, 0.29) is 18.0 Å². The molecule has 4 nitrogen and oxygen atoms in total. The van der Waals surface area contributed by atoms with Crippen LogP contribution in [0.15, 0.2) is 23.4 Å². The van der Waals surface area contributed by atoms with Gasteiger partial charge in [-0.25, -0.2) is 9.97 Å². The quantitative estimate of drug-likeness (QED) is 0.687. The Morgan fingerprint density at radius 1 is 1.46 bits per heavy atom. The molecular formula is C8H8ClN3O. The molecule has 0 amide bonds. The average molecular weight is 198 g/mol. The number of aromatic nitrogens is 3. The van der Waals surface area contributed by atoms with Crippen LogP contribution in [0.4, 0.5) is 0 Å². The van der Waals surface area contributed by atoms with Crippen molar-refractivity contribution >= 4 is 23.4 Å². The molecule has 0 saturated carbocycles. The molecule has 0 spiro atoms. The molecule has 2 aromatic heterocycles. The topological polar surface area (TPSA) is 58.6 Å². The van der Waals surface area contributed by atoms with Crippen molar-refractivity contribution in [2.75, 3.05) is 0 Å². The molecule has 2 heterocycles. The lowest BCUT2D eigenvalue weighted by Gasteiger charge is -1.97. The van der Waals surface area contributed by atoms with Crippen LogP contribution in [0.25, 0.3) is 11.0 Å². The number of rotatable bonds is 0. The van der Waals surface area contributed by atoms with E-state index in [1.807, 2.05) is 6.92 Å². The minimum atomic E-state index is -0.126. The first-order valence-electron chi connectivity index (χ1n) is 3.57. The van der Waals surface area contributed by atoms with Gasteiger partial charge in [-0.3, -0.25) is 4.79 Å². The SMILES string of the molecule is Cc1cc(=O)[nH]c2ncncc12.Cl. The summed E-state index contributed by atoms with van der Waals surface area (Å²) in [5.74, 6) is 0. The van der Waals surface area contributed by atoms with Gasteiger partial charge in [0.1, 0.15) is 12.0 Å². The van der Waals surface area contributed by atoms with Gasteiger partial charge in [0.25, 0.3) is 0 Å². The Balaban J connectivity index is 0.000000845. The Kier molecular flexibility index (Phi) is 2.63. The van der Waals surface area contributed by atoms with Crippen LogP contribution in [0.3, 0.4) is 0 Å². The molecule has 0 aromatic carbocycles. The van der Waals surface area contributed by atoms with Gasteiger partial charge in [-0.2, -0.15) is 0 Å². The van der Waals surface area contributed by atoms with Gasteiger partial charge in [0.2, 0.25) is 5.56 Å². The van der Waals surface area contributed by atoms with Crippen molar-refractivity contribution in [1.29, 1.82) is 0 Å². The molecule has 0 atom stereocenters. The second kappa shape index (κ2) is 3.53. The van der Waals surface area contributed by atoms with E-state index >= 15 is 0 Å². The van der Waals surface area contributed by atoms with E-state index in [0.717, 1.165) is 10.9 Å². The van der Waals surface area contributed by atoms with E-state index in [2.05, 4.69) is 15.0 Å². The number of aromatic amines is 1. The lowest BCUT2D eigenvalue weighted by molar-refractivity contribution is 1.15. The second-order valence-corrected chi connectivity index (χ2v) is 2.60. The van der Waals surface area contributed by atoms with E-state index in [1.54, 1.807) is 6.20 Å². The van der Waals surface area contributed by atoms with Gasteiger partial charge >= 0.3 is 0 Å². The fraction of sp³-hybridized carbons (Fsp3) is 0.125. The summed E-state index contributed by atoms with van der Waals surface area (Å²) in [5.41, 5.74) is 1.36. The van der Waals surface area contributed by atoms with Crippen molar-refractivity contribution in [3.8, 4) is 0 Å². The Bertz CT molecular complexity index is 480. The molecule has 13 heavy (non-hydrogen) atoms. The van der Waals surface area contributed by atoms with E-state index in [9.17, 15) is 4.79 Å². The molecule has 5 heteroatoms. The first kappa shape index (κ1) is 9.67. The van der Waals surface area contributed by atoms with Gasteiger partial charge in [0, 0.05) is 17.6 Å². The molecule has 1 N–H and O–H groups in total. The largest absolute Gasteiger partial charge is 0.306 e. The van der Waals surface area contributed by atoms with Crippen LogP contribution < -0.4 is 5.56 Å². The predicted molar refractivity (Wildman–Crippen MR) is 52.1 cm³/mol. The maximum Gasteiger partial charge on any atom is 0.249 e. The highest BCUT2D eigenvalue weighted by molar-refractivity contribution is 5.85. The van der Waals surface area contributed by atoms with Crippen molar-refractivity contribution in [2.24, 2.45) is 0 Å². The van der Waals surface area contributed by atoms with Crippen LogP contribution in [0, 0.1) is 6.92 Å². The lowest BCUT2D eigenvalue weighted by atomic mass is 10.2. The van der Waals surface area contributed by atoms with Crippen molar-refractivity contribution in [1.82, 2.24) is 15.0 Å². The lowest BCUT2D eigenvalue weighted by Crippen LogP contribution is -2.05. The molecule has 68 valence electrons. The van der Waals surface area contributed by atoms with Crippen LogP contribution in [-0.4, -0.2) is 15.0 Å². The maximum atomic E-state index is 11.0. The fourth-order valence-corrected chi connectivity index (χ4v) is 1.14. The summed E-state index contributed by atoms with van der Waals surface area (Å²) in [6, 6.07) is 1.53. The third-order valence-corrected chi connectivity index (χ3v) is 1.73. The number of pyridine rings is 1. The Hall–Kier alpha value is -1.42. The first-order valence-corrected chi connectivity index (χ1v) is 3.57. The summed E-state index contributed by atoms with van der Waals surface area (Å²) in [7, 11) is 0. The number of aryl methyl sites for hydroxylation is 1. The number of nitrogens with zero attached hydrogens (tertiary/aromatic N) is 2. The molecule has 0 aliphatic rings. The van der Waals surface area contributed by atoms with Crippen molar-refractivity contribution in [3.63, 3.8) is 0 Å². The van der Waals surface area contributed by atoms with Crippen molar-refractivity contribution < 1.29 is 0 Å². The summed E-state index contributed by atoms with van der Waals surface area (Å²) in [4.78, 5) is 21.4. The molecule has 0 saturated heterocycles. The van der Waals surface area contributed by atoms with Crippen LogP contribution in [0.2, 0.25) is 0 Å². The molecule has 2 rings (SSSR count). The third-order valence-electron chi connectivity index (χ3n) is 1.73. The number of H-pyrrole nitrogens is 1. The zero-order valence-corrected chi connectivity index (χ0v) is 7.76. The fourth-order valence-electron chi connectivity index (χ4n) is 1.14. The van der Waals surface area contributed by atoms with Crippen molar-refractivity contribution in [2.45, 2.75) is 6.92 Å². The molecule has 2 aromatic rings. The molecule has 0 aliphatic heterocycles. The number of hydrogen-bond acceptors (Lipinski definition) is 3. The van der Waals surface area contributed by atoms with Crippen molar-refractivity contribution in [3.05, 3.63) is 34.5 Å². The second-order valence-electron chi connectivity index (χ2n) is 2.60. The minimum absolute atomic E-state index is 0. The molecule has 0 bridgehead atoms. The molecule has 0 unspecified atom stereocenters. The van der Waals surface area contributed by atoms with Gasteiger partial charge < -0.3 is 4.98 Å². The molecular weight excluding hydrogens is 190 g/mol. The summed E-state index contributed by atoms with van der Waals surface area (Å²) in [6.07, 6.45) is 3.10. The standard InChI is InChI=1S/C8H7N3O.ClH/c1-5-2-7(12)11-8-6(5)3-9-4-10-8;/h2-4H,1H3,(H,9,10,11,12);1H. The number of hydrogen-bond donors (Lipinski definition) is 1. The van der Waals surface area contributed by atoms with E-state index in [0.29, 0.717) is 5.65 Å². The first-order chi connectivity index (χ1) is 5.77. The van der Waals surface area contributed by atoms with Crippen LogP contribution >= 0.6 is 12.4 Å². The minimum Gasteiger partial charge on any atom is -0.306 e. The van der Waals surface area contributed by atoms with E-state index < -0.39 is 0 Å². The highest BCUT2D eigenvalue weighted by Crippen LogP contribution is 2.08. The number of fused-ring (bicyclic) bond motifs is 1. The predicted octanol–water partition coefficient (Wildman–Crippen LogP) is 1.05. The van der Waals surface area contributed by atoms with Gasteiger partial charge in [-0.15, -0.1) is 12.4 Å². The highest BCUT2D eigenvalue weighted by Gasteiger charge is 1.98. The number of nitrogens with one attached hydrogen (secondary N) is 1. The molecule has 0 radical (unpaired) electrons. The van der Waals surface area contributed by atoms with E-state index in [1.165, 1.54) is 12.4 Å². The average Bonchev–Trinajstić information content (AvgIpc) is 2.04. The van der Waals surface area contributed by atoms with Gasteiger partial charge in [-0.1, -0.05) is 0 Å². The zero-order chi connectivity index (χ0) is 8.55. The monoisotopic (exact) mass is 197 g/mol. The Morgan fingerprint density at radius 3 is 3.00 bits per heavy atom. The number of halogens is 1. The van der Waals surface area contributed by atoms with Gasteiger partial charge in [-0.05, 0) is 12.5 Å². The zero-order valence-electron chi connectivity index (χ0n) is 6.94. The van der Waals surface area contributed by atoms with E-state index in [4.69, 9.17) is 0 Å². The van der Waals surface area contributed by atoms with Crippen LogP contribution in [0.1, 0.15) is 5.56 Å². The third kappa shape index (κ3) is 1.67. The molecule has 0 fully saturated rings. The van der Waals surface area contributed by atoms with Crippen LogP contribution in [0.5, 0.6) is 0 Å². The summed E-state index contributed by atoms with van der Waals surface area (Å²) >= 11 is 0. The highest BCUT2D eigenvalue weighted by atomic mass is 35.5. The Morgan fingerprint density at radius 2 is 2.23 bits per heavy atom. The summed E-state index contributed by atoms with van der Waals surface area (Å²) in [6.45, 7) is 1.86. The summed E-state index contributed by atoms with van der Waals surface area (Å²) in [5, 5.41) is 0.886. The van der Waals surface area contributed by atoms with Crippen LogP contribution in [-0.2, 0) is 0 Å². The smallest absolute Gasteiger partial charge is 0.249 e.